The average molecular weight is 293 g/mol. The maximum Gasteiger partial charge on any atom is 0.171 e. The molecule has 0 saturated carbocycles. The van der Waals surface area contributed by atoms with Crippen LogP contribution in [0.1, 0.15) is 22.8 Å². The van der Waals surface area contributed by atoms with Crippen molar-refractivity contribution in [1.82, 2.24) is 0 Å². The van der Waals surface area contributed by atoms with Crippen molar-refractivity contribution in [3.63, 3.8) is 0 Å². The molecule has 20 heavy (non-hydrogen) atoms. The van der Waals surface area contributed by atoms with Crippen molar-refractivity contribution in [3.8, 4) is 5.75 Å². The van der Waals surface area contributed by atoms with E-state index in [0.717, 1.165) is 0 Å². The zero-order chi connectivity index (χ0) is 14.5. The molecule has 2 aromatic rings. The molecule has 0 saturated heterocycles. The Balaban J connectivity index is 2.26. The lowest BCUT2D eigenvalue weighted by atomic mass is 10.0. The smallest absolute Gasteiger partial charge is 0.171 e. The van der Waals surface area contributed by atoms with E-state index in [4.69, 9.17) is 16.3 Å². The lowest BCUT2D eigenvalue weighted by molar-refractivity contribution is 0.0988. The van der Waals surface area contributed by atoms with Gasteiger partial charge in [0, 0.05) is 6.42 Å². The minimum Gasteiger partial charge on any atom is -0.493 e. The van der Waals surface area contributed by atoms with Crippen LogP contribution in [0.2, 0.25) is 5.02 Å². The zero-order valence-corrected chi connectivity index (χ0v) is 11.8. The van der Waals surface area contributed by atoms with Gasteiger partial charge in [-0.2, -0.15) is 0 Å². The first-order valence-corrected chi connectivity index (χ1v) is 6.69. The predicted molar refractivity (Wildman–Crippen MR) is 77.1 cm³/mol. The molecular weight excluding hydrogens is 279 g/mol. The molecule has 0 N–H and O–H groups in total. The molecule has 0 bridgehead atoms. The Morgan fingerprint density at radius 2 is 1.95 bits per heavy atom. The van der Waals surface area contributed by atoms with Crippen molar-refractivity contribution in [3.05, 3.63) is 64.4 Å². The van der Waals surface area contributed by atoms with Crippen LogP contribution in [0.15, 0.2) is 42.5 Å². The third-order valence-corrected chi connectivity index (χ3v) is 3.16. The number of ether oxygens (including phenoxy) is 1. The number of benzene rings is 2. The monoisotopic (exact) mass is 292 g/mol. The molecule has 2 aromatic carbocycles. The topological polar surface area (TPSA) is 26.3 Å². The Kier molecular flexibility index (Phi) is 4.74. The number of halogens is 2. The van der Waals surface area contributed by atoms with Crippen LogP contribution in [0.25, 0.3) is 0 Å². The predicted octanol–water partition coefficient (Wildman–Crippen LogP) is 4.30. The molecule has 0 aliphatic rings. The molecule has 0 amide bonds. The number of Topliss-reactive ketones (excluding diaryl/α,β-unsaturated/α-hetero) is 1. The second-order valence-corrected chi connectivity index (χ2v) is 4.65. The van der Waals surface area contributed by atoms with Crippen molar-refractivity contribution in [2.45, 2.75) is 13.3 Å². The summed E-state index contributed by atoms with van der Waals surface area (Å²) in [5, 5.41) is 0.0217. The molecule has 0 aliphatic heterocycles. The average Bonchev–Trinajstić information content (AvgIpc) is 2.45. The number of carbonyl (C=O) groups is 1. The molecule has 0 aliphatic carbocycles. The molecule has 0 fully saturated rings. The fourth-order valence-corrected chi connectivity index (χ4v) is 2.13. The summed E-state index contributed by atoms with van der Waals surface area (Å²) in [6, 6.07) is 11.6. The number of carbonyl (C=O) groups excluding carboxylic acids is 1. The largest absolute Gasteiger partial charge is 0.493 e. The number of para-hydroxylation sites is 1. The van der Waals surface area contributed by atoms with E-state index in [1.165, 1.54) is 6.07 Å². The number of hydrogen-bond donors (Lipinski definition) is 0. The summed E-state index contributed by atoms with van der Waals surface area (Å²) in [5.74, 6) is -0.228. The highest BCUT2D eigenvalue weighted by atomic mass is 35.5. The van der Waals surface area contributed by atoms with Crippen LogP contribution in [-0.2, 0) is 6.42 Å². The minimum absolute atomic E-state index is 0.0217. The van der Waals surface area contributed by atoms with Crippen LogP contribution >= 0.6 is 11.6 Å². The van der Waals surface area contributed by atoms with Gasteiger partial charge in [0.1, 0.15) is 11.6 Å². The van der Waals surface area contributed by atoms with Gasteiger partial charge in [0.2, 0.25) is 0 Å². The van der Waals surface area contributed by atoms with Crippen LogP contribution < -0.4 is 4.74 Å². The summed E-state index contributed by atoms with van der Waals surface area (Å²) in [4.78, 5) is 12.3. The Labute approximate surface area is 122 Å². The maximum absolute atomic E-state index is 13.8. The van der Waals surface area contributed by atoms with E-state index in [0.29, 0.717) is 17.9 Å². The van der Waals surface area contributed by atoms with Gasteiger partial charge in [-0.1, -0.05) is 35.9 Å². The molecule has 0 unspecified atom stereocenters. The minimum atomic E-state index is -0.545. The van der Waals surface area contributed by atoms with Gasteiger partial charge in [-0.25, -0.2) is 4.39 Å². The lowest BCUT2D eigenvalue weighted by Crippen LogP contribution is -2.08. The normalized spacial score (nSPS) is 10.3. The second-order valence-electron chi connectivity index (χ2n) is 4.24. The van der Waals surface area contributed by atoms with Crippen molar-refractivity contribution in [1.29, 1.82) is 0 Å². The Morgan fingerprint density at radius 3 is 2.70 bits per heavy atom. The first-order chi connectivity index (χ1) is 9.63. The molecular formula is C16H14ClFO2. The standard InChI is InChI=1S/C16H14ClFO2/c1-2-20-15-9-4-3-7-12(15)14(19)10-11-6-5-8-13(17)16(11)18/h3-9H,2,10H2,1H3. The van der Waals surface area contributed by atoms with Crippen LogP contribution in [0, 0.1) is 5.82 Å². The van der Waals surface area contributed by atoms with E-state index in [1.54, 1.807) is 36.4 Å². The van der Waals surface area contributed by atoms with E-state index >= 15 is 0 Å². The van der Waals surface area contributed by atoms with Gasteiger partial charge < -0.3 is 4.74 Å². The highest BCUT2D eigenvalue weighted by molar-refractivity contribution is 6.30. The second kappa shape index (κ2) is 6.53. The van der Waals surface area contributed by atoms with Gasteiger partial charge in [0.15, 0.2) is 5.78 Å². The molecule has 0 radical (unpaired) electrons. The van der Waals surface area contributed by atoms with E-state index < -0.39 is 5.82 Å². The summed E-state index contributed by atoms with van der Waals surface area (Å²) in [7, 11) is 0. The van der Waals surface area contributed by atoms with Crippen LogP contribution in [0.5, 0.6) is 5.75 Å². The SMILES string of the molecule is CCOc1ccccc1C(=O)Cc1cccc(Cl)c1F. The quantitative estimate of drug-likeness (QED) is 0.768. The molecule has 0 aromatic heterocycles. The lowest BCUT2D eigenvalue weighted by Gasteiger charge is -2.09. The molecule has 2 nitrogen and oxygen atoms in total. The van der Waals surface area contributed by atoms with E-state index in [9.17, 15) is 9.18 Å². The summed E-state index contributed by atoms with van der Waals surface area (Å²) in [6.07, 6.45) is -0.0452. The van der Waals surface area contributed by atoms with E-state index in [2.05, 4.69) is 0 Å². The highest BCUT2D eigenvalue weighted by Gasteiger charge is 2.15. The van der Waals surface area contributed by atoms with Crippen molar-refractivity contribution < 1.29 is 13.9 Å². The Morgan fingerprint density at radius 1 is 1.20 bits per heavy atom. The van der Waals surface area contributed by atoms with Gasteiger partial charge in [0.25, 0.3) is 0 Å². The number of rotatable bonds is 5. The first-order valence-electron chi connectivity index (χ1n) is 6.31. The summed E-state index contributed by atoms with van der Waals surface area (Å²) >= 11 is 5.71. The van der Waals surface area contributed by atoms with Crippen molar-refractivity contribution in [2.75, 3.05) is 6.61 Å². The Bertz CT molecular complexity index is 626. The van der Waals surface area contributed by atoms with Crippen LogP contribution in [0.4, 0.5) is 4.39 Å². The molecule has 2 rings (SSSR count). The molecule has 0 spiro atoms. The zero-order valence-electron chi connectivity index (χ0n) is 11.0. The first kappa shape index (κ1) is 14.5. The van der Waals surface area contributed by atoms with Gasteiger partial charge in [-0.15, -0.1) is 0 Å². The maximum atomic E-state index is 13.8. The third kappa shape index (κ3) is 3.17. The Hall–Kier alpha value is -1.87. The van der Waals surface area contributed by atoms with Crippen molar-refractivity contribution in [2.24, 2.45) is 0 Å². The summed E-state index contributed by atoms with van der Waals surface area (Å²) in [6.45, 7) is 2.31. The van der Waals surface area contributed by atoms with E-state index in [1.807, 2.05) is 6.92 Å². The summed E-state index contributed by atoms with van der Waals surface area (Å²) < 4.78 is 19.2. The van der Waals surface area contributed by atoms with Gasteiger partial charge in [-0.3, -0.25) is 4.79 Å². The third-order valence-electron chi connectivity index (χ3n) is 2.87. The molecule has 0 heterocycles. The highest BCUT2D eigenvalue weighted by Crippen LogP contribution is 2.23. The fraction of sp³-hybridized carbons (Fsp3) is 0.188. The van der Waals surface area contributed by atoms with E-state index in [-0.39, 0.29) is 22.8 Å². The molecule has 104 valence electrons. The number of hydrogen-bond acceptors (Lipinski definition) is 2. The van der Waals surface area contributed by atoms with Gasteiger partial charge in [0.05, 0.1) is 17.2 Å². The van der Waals surface area contributed by atoms with Gasteiger partial charge >= 0.3 is 0 Å². The van der Waals surface area contributed by atoms with Crippen LogP contribution in [-0.4, -0.2) is 12.4 Å². The number of ketones is 1. The summed E-state index contributed by atoms with van der Waals surface area (Å²) in [5.41, 5.74) is 0.738. The van der Waals surface area contributed by atoms with Gasteiger partial charge in [-0.05, 0) is 30.7 Å². The van der Waals surface area contributed by atoms with Crippen molar-refractivity contribution >= 4 is 17.4 Å². The molecule has 4 heteroatoms. The van der Waals surface area contributed by atoms with Crippen LogP contribution in [0.3, 0.4) is 0 Å². The fourth-order valence-electron chi connectivity index (χ4n) is 1.93. The molecule has 0 atom stereocenters.